The number of likely N-dealkylation sites (N-methyl/N-ethyl adjacent to an activating group) is 1. The maximum atomic E-state index is 12.1. The number of carbonyl (C=O) groups is 1. The third kappa shape index (κ3) is 2.02. The highest BCUT2D eigenvalue weighted by atomic mass is 16.7. The van der Waals surface area contributed by atoms with Gasteiger partial charge in [0.05, 0.1) is 17.1 Å². The van der Waals surface area contributed by atoms with Gasteiger partial charge < -0.3 is 14.2 Å². The van der Waals surface area contributed by atoms with Gasteiger partial charge in [-0.2, -0.15) is 0 Å². The van der Waals surface area contributed by atoms with E-state index in [0.717, 1.165) is 16.7 Å². The average Bonchev–Trinajstić information content (AvgIpc) is 2.75. The van der Waals surface area contributed by atoms with Crippen LogP contribution < -0.4 is 10.4 Å². The third-order valence-corrected chi connectivity index (χ3v) is 5.11. The van der Waals surface area contributed by atoms with Crippen LogP contribution in [0.4, 0.5) is 5.69 Å². The van der Waals surface area contributed by atoms with E-state index in [4.69, 9.17) is 9.31 Å². The maximum absolute atomic E-state index is 12.1. The van der Waals surface area contributed by atoms with Gasteiger partial charge in [-0.1, -0.05) is 12.1 Å². The largest absolute Gasteiger partial charge is 0.494 e. The number of nitrogens with zero attached hydrogens (tertiary/aromatic N) is 1. The van der Waals surface area contributed by atoms with Crippen LogP contribution in [-0.4, -0.2) is 31.3 Å². The molecule has 0 saturated carbocycles. The predicted molar refractivity (Wildman–Crippen MR) is 84.0 cm³/mol. The van der Waals surface area contributed by atoms with E-state index < -0.39 is 0 Å². The first kappa shape index (κ1) is 14.6. The van der Waals surface area contributed by atoms with Crippen LogP contribution in [0.5, 0.6) is 0 Å². The van der Waals surface area contributed by atoms with Crippen molar-refractivity contribution in [1.29, 1.82) is 0 Å². The monoisotopic (exact) mass is 287 g/mol. The van der Waals surface area contributed by atoms with Crippen molar-refractivity contribution in [3.8, 4) is 0 Å². The van der Waals surface area contributed by atoms with Crippen LogP contribution in [0, 0.1) is 0 Å². The molecule has 0 aliphatic carbocycles. The van der Waals surface area contributed by atoms with Gasteiger partial charge in [0.2, 0.25) is 5.91 Å². The van der Waals surface area contributed by atoms with Crippen molar-refractivity contribution in [2.75, 3.05) is 11.9 Å². The summed E-state index contributed by atoms with van der Waals surface area (Å²) in [6, 6.07) is 6.02. The van der Waals surface area contributed by atoms with Crippen LogP contribution in [0.3, 0.4) is 0 Å². The molecule has 0 bridgehead atoms. The van der Waals surface area contributed by atoms with Crippen LogP contribution >= 0.6 is 0 Å². The lowest BCUT2D eigenvalue weighted by molar-refractivity contribution is -0.118. The Morgan fingerprint density at radius 1 is 1.14 bits per heavy atom. The topological polar surface area (TPSA) is 38.8 Å². The van der Waals surface area contributed by atoms with Gasteiger partial charge in [-0.15, -0.1) is 0 Å². The number of rotatable bonds is 1. The van der Waals surface area contributed by atoms with E-state index in [0.29, 0.717) is 0 Å². The second-order valence-electron chi connectivity index (χ2n) is 7.03. The van der Waals surface area contributed by atoms with Crippen LogP contribution in [-0.2, 0) is 14.1 Å². The number of fused-ring (bicyclic) bond motifs is 1. The number of anilines is 1. The molecule has 1 aromatic carbocycles. The highest BCUT2D eigenvalue weighted by Gasteiger charge is 2.52. The molecule has 2 heterocycles. The molecular formula is C16H22BNO3. The van der Waals surface area contributed by atoms with Crippen LogP contribution in [0.25, 0.3) is 0 Å². The van der Waals surface area contributed by atoms with Gasteiger partial charge in [0.1, 0.15) is 0 Å². The Morgan fingerprint density at radius 3 is 2.29 bits per heavy atom. The molecule has 1 fully saturated rings. The Morgan fingerprint density at radius 2 is 1.71 bits per heavy atom. The molecule has 21 heavy (non-hydrogen) atoms. The van der Waals surface area contributed by atoms with Gasteiger partial charge in [-0.05, 0) is 51.7 Å². The summed E-state index contributed by atoms with van der Waals surface area (Å²) < 4.78 is 12.2. The second-order valence-corrected chi connectivity index (χ2v) is 7.03. The Labute approximate surface area is 126 Å². The standard InChI is InChI=1S/C16H22BNO3/c1-10-12-9-11(7-8-13(12)18(6)14(10)19)17-20-15(2,3)16(4,5)21-17/h7-10H,1-6H3. The molecule has 1 saturated heterocycles. The molecule has 1 aromatic rings. The molecule has 0 radical (unpaired) electrons. The number of amides is 1. The lowest BCUT2D eigenvalue weighted by atomic mass is 9.77. The van der Waals surface area contributed by atoms with Crippen molar-refractivity contribution in [2.24, 2.45) is 0 Å². The predicted octanol–water partition coefficient (Wildman–Crippen LogP) is 2.07. The molecule has 1 unspecified atom stereocenters. The average molecular weight is 287 g/mol. The molecule has 0 spiro atoms. The Bertz CT molecular complexity index is 596. The number of carbonyl (C=O) groups excluding carboxylic acids is 1. The molecule has 1 atom stereocenters. The number of benzene rings is 1. The van der Waals surface area contributed by atoms with Crippen molar-refractivity contribution in [2.45, 2.75) is 51.7 Å². The minimum absolute atomic E-state index is 0.104. The summed E-state index contributed by atoms with van der Waals surface area (Å²) >= 11 is 0. The van der Waals surface area contributed by atoms with Gasteiger partial charge in [0.25, 0.3) is 0 Å². The second kappa shape index (κ2) is 4.34. The Hall–Kier alpha value is -1.33. The van der Waals surface area contributed by atoms with E-state index in [1.165, 1.54) is 0 Å². The van der Waals surface area contributed by atoms with Crippen LogP contribution in [0.1, 0.15) is 46.1 Å². The third-order valence-electron chi connectivity index (χ3n) is 5.11. The lowest BCUT2D eigenvalue weighted by Gasteiger charge is -2.32. The summed E-state index contributed by atoms with van der Waals surface area (Å²) in [5, 5.41) is 0. The zero-order chi connectivity index (χ0) is 15.6. The minimum atomic E-state index is -0.381. The molecule has 4 nitrogen and oxygen atoms in total. The zero-order valence-corrected chi connectivity index (χ0v) is 13.6. The Balaban J connectivity index is 1.95. The SMILES string of the molecule is CC1C(=O)N(C)c2ccc(B3OC(C)(C)C(C)(C)O3)cc21. The number of hydrogen-bond donors (Lipinski definition) is 0. The zero-order valence-electron chi connectivity index (χ0n) is 13.6. The van der Waals surface area contributed by atoms with Gasteiger partial charge in [0.15, 0.2) is 0 Å². The first-order valence-corrected chi connectivity index (χ1v) is 7.41. The molecule has 2 aliphatic rings. The summed E-state index contributed by atoms with van der Waals surface area (Å²) in [7, 11) is 1.44. The Kier molecular flexibility index (Phi) is 3.02. The molecule has 5 heteroatoms. The van der Waals surface area contributed by atoms with Crippen molar-refractivity contribution in [3.63, 3.8) is 0 Å². The fraction of sp³-hybridized carbons (Fsp3) is 0.562. The fourth-order valence-electron chi connectivity index (χ4n) is 2.89. The molecule has 0 aromatic heterocycles. The molecule has 0 N–H and O–H groups in total. The van der Waals surface area contributed by atoms with Crippen LogP contribution in [0.15, 0.2) is 18.2 Å². The summed E-state index contributed by atoms with van der Waals surface area (Å²) in [6.45, 7) is 10.1. The normalized spacial score (nSPS) is 26.4. The van der Waals surface area contributed by atoms with Crippen molar-refractivity contribution >= 4 is 24.2 Å². The van der Waals surface area contributed by atoms with E-state index in [2.05, 4.69) is 0 Å². The van der Waals surface area contributed by atoms with Crippen LogP contribution in [0.2, 0.25) is 0 Å². The first-order valence-electron chi connectivity index (χ1n) is 7.41. The van der Waals surface area contributed by atoms with E-state index in [-0.39, 0.29) is 30.1 Å². The maximum Gasteiger partial charge on any atom is 0.494 e. The van der Waals surface area contributed by atoms with Crippen molar-refractivity contribution in [1.82, 2.24) is 0 Å². The van der Waals surface area contributed by atoms with E-state index in [1.54, 1.807) is 4.90 Å². The van der Waals surface area contributed by atoms with Gasteiger partial charge in [-0.3, -0.25) is 4.79 Å². The van der Waals surface area contributed by atoms with E-state index >= 15 is 0 Å². The fourth-order valence-corrected chi connectivity index (χ4v) is 2.89. The number of hydrogen-bond acceptors (Lipinski definition) is 3. The molecule has 1 amide bonds. The highest BCUT2D eigenvalue weighted by Crippen LogP contribution is 2.38. The van der Waals surface area contributed by atoms with Crippen molar-refractivity contribution in [3.05, 3.63) is 23.8 Å². The molecular weight excluding hydrogens is 265 g/mol. The van der Waals surface area contributed by atoms with E-state index in [1.807, 2.05) is 59.9 Å². The highest BCUT2D eigenvalue weighted by molar-refractivity contribution is 6.62. The summed E-state index contributed by atoms with van der Waals surface area (Å²) in [4.78, 5) is 13.8. The minimum Gasteiger partial charge on any atom is -0.399 e. The summed E-state index contributed by atoms with van der Waals surface area (Å²) in [5.74, 6) is 0.0310. The lowest BCUT2D eigenvalue weighted by Crippen LogP contribution is -2.41. The summed E-state index contributed by atoms with van der Waals surface area (Å²) in [5.41, 5.74) is 2.30. The van der Waals surface area contributed by atoms with Gasteiger partial charge >= 0.3 is 7.12 Å². The van der Waals surface area contributed by atoms with Gasteiger partial charge in [-0.25, -0.2) is 0 Å². The van der Waals surface area contributed by atoms with E-state index in [9.17, 15) is 4.79 Å². The van der Waals surface area contributed by atoms with Crippen molar-refractivity contribution < 1.29 is 14.1 Å². The summed E-state index contributed by atoms with van der Waals surface area (Å²) in [6.07, 6.45) is 0. The quantitative estimate of drug-likeness (QED) is 0.742. The molecule has 112 valence electrons. The van der Waals surface area contributed by atoms with Gasteiger partial charge in [0, 0.05) is 12.7 Å². The molecule has 2 aliphatic heterocycles. The molecule has 3 rings (SSSR count). The smallest absolute Gasteiger partial charge is 0.399 e. The first-order chi connectivity index (χ1) is 9.64.